The number of hydrogen-bond acceptors (Lipinski definition) is 6. The number of ether oxygens (including phenoxy) is 1. The van der Waals surface area contributed by atoms with Crippen LogP contribution in [-0.4, -0.2) is 73.9 Å². The van der Waals surface area contributed by atoms with Crippen LogP contribution in [0.4, 0.5) is 0 Å². The number of carbonyl (C=O) groups excluding carboxylic acids is 1. The van der Waals surface area contributed by atoms with Crippen molar-refractivity contribution in [3.63, 3.8) is 0 Å². The minimum absolute atomic E-state index is 0.0397. The van der Waals surface area contributed by atoms with Crippen molar-refractivity contribution in [1.29, 1.82) is 0 Å². The summed E-state index contributed by atoms with van der Waals surface area (Å²) >= 11 is 0. The summed E-state index contributed by atoms with van der Waals surface area (Å²) in [4.78, 5) is 14.7. The predicted molar refractivity (Wildman–Crippen MR) is 139 cm³/mol. The monoisotopic (exact) mass is 515 g/mol. The maximum atomic E-state index is 13.6. The van der Waals surface area contributed by atoms with Crippen LogP contribution in [0.2, 0.25) is 0 Å². The molecule has 0 unspecified atom stereocenters. The molecular weight excluding hydrogens is 478 g/mol. The third-order valence-corrected chi connectivity index (χ3v) is 10.2. The first-order chi connectivity index (χ1) is 17.2. The third-order valence-electron chi connectivity index (χ3n) is 7.56. The van der Waals surface area contributed by atoms with Crippen molar-refractivity contribution in [2.45, 2.75) is 49.8 Å². The van der Waals surface area contributed by atoms with Crippen LogP contribution < -0.4 is 5.48 Å². The quantitative estimate of drug-likeness (QED) is 0.434. The average molecular weight is 516 g/mol. The predicted octanol–water partition coefficient (Wildman–Crippen LogP) is 3.29. The molecule has 0 aromatic heterocycles. The molecule has 2 aromatic rings. The van der Waals surface area contributed by atoms with Gasteiger partial charge in [0.1, 0.15) is 0 Å². The largest absolute Gasteiger partial charge is 0.381 e. The van der Waals surface area contributed by atoms with Gasteiger partial charge >= 0.3 is 0 Å². The van der Waals surface area contributed by atoms with Crippen LogP contribution in [0.3, 0.4) is 0 Å². The van der Waals surface area contributed by atoms with Gasteiger partial charge in [0.2, 0.25) is 10.0 Å². The molecule has 2 heterocycles. The normalized spacial score (nSPS) is 19.4. The van der Waals surface area contributed by atoms with E-state index < -0.39 is 20.7 Å². The Kier molecular flexibility index (Phi) is 8.16. The lowest BCUT2D eigenvalue weighted by molar-refractivity contribution is -0.134. The fraction of sp³-hybridized carbons (Fsp3) is 0.519. The average Bonchev–Trinajstić information content (AvgIpc) is 2.88. The highest BCUT2D eigenvalue weighted by Gasteiger charge is 2.54. The summed E-state index contributed by atoms with van der Waals surface area (Å²) in [5.41, 5.74) is 7.68. The second-order valence-electron chi connectivity index (χ2n) is 10.2. The van der Waals surface area contributed by atoms with Gasteiger partial charge in [-0.25, -0.2) is 18.2 Å². The van der Waals surface area contributed by atoms with E-state index in [2.05, 4.69) is 68.4 Å². The Hall–Kier alpha value is -2.30. The number of benzene rings is 2. The summed E-state index contributed by atoms with van der Waals surface area (Å²) in [7, 11) is 0.177. The van der Waals surface area contributed by atoms with E-state index in [-0.39, 0.29) is 32.0 Å². The maximum absolute atomic E-state index is 13.6. The third kappa shape index (κ3) is 5.21. The van der Waals surface area contributed by atoms with E-state index in [0.717, 1.165) is 6.54 Å². The van der Waals surface area contributed by atoms with Crippen LogP contribution in [0, 0.1) is 6.92 Å². The summed E-state index contributed by atoms with van der Waals surface area (Å²) in [5, 5.41) is 9.26. The van der Waals surface area contributed by atoms with E-state index in [1.54, 1.807) is 5.48 Å². The molecule has 36 heavy (non-hydrogen) atoms. The smallest absolute Gasteiger partial charge is 0.266 e. The number of hydrogen-bond donors (Lipinski definition) is 2. The zero-order valence-electron chi connectivity index (χ0n) is 21.4. The van der Waals surface area contributed by atoms with Crippen molar-refractivity contribution < 1.29 is 23.2 Å². The molecule has 2 N–H and O–H groups in total. The molecule has 0 radical (unpaired) electrons. The number of rotatable bonds is 7. The molecule has 2 saturated heterocycles. The molecule has 196 valence electrons. The van der Waals surface area contributed by atoms with Crippen LogP contribution >= 0.6 is 0 Å². The zero-order valence-corrected chi connectivity index (χ0v) is 22.2. The molecule has 0 atom stereocenters. The van der Waals surface area contributed by atoms with Gasteiger partial charge in [0, 0.05) is 45.7 Å². The zero-order chi connectivity index (χ0) is 25.9. The van der Waals surface area contributed by atoms with Crippen LogP contribution in [0.15, 0.2) is 42.5 Å². The Morgan fingerprint density at radius 3 is 2.44 bits per heavy atom. The Morgan fingerprint density at radius 1 is 1.14 bits per heavy atom. The highest BCUT2D eigenvalue weighted by Crippen LogP contribution is 2.37. The lowest BCUT2D eigenvalue weighted by Gasteiger charge is -2.40. The van der Waals surface area contributed by atoms with Gasteiger partial charge in [-0.15, -0.1) is 0 Å². The van der Waals surface area contributed by atoms with Gasteiger partial charge in [-0.2, -0.15) is 0 Å². The first kappa shape index (κ1) is 26.8. The highest BCUT2D eigenvalue weighted by atomic mass is 32.2. The topological polar surface area (TPSA) is 99.2 Å². The van der Waals surface area contributed by atoms with E-state index in [1.165, 1.54) is 32.1 Å². The van der Waals surface area contributed by atoms with Gasteiger partial charge in [0.15, 0.2) is 4.75 Å². The number of carbonyl (C=O) groups is 1. The fourth-order valence-electron chi connectivity index (χ4n) is 5.55. The Bertz CT molecular complexity index is 1180. The van der Waals surface area contributed by atoms with Crippen LogP contribution in [0.25, 0.3) is 11.1 Å². The number of nitrogens with zero attached hydrogens (tertiary/aromatic N) is 2. The summed E-state index contributed by atoms with van der Waals surface area (Å²) in [6.07, 6.45) is 1.45. The molecule has 0 spiro atoms. The van der Waals surface area contributed by atoms with Crippen LogP contribution in [-0.2, 0) is 26.1 Å². The molecule has 2 aliphatic heterocycles. The van der Waals surface area contributed by atoms with E-state index in [4.69, 9.17) is 4.74 Å². The van der Waals surface area contributed by atoms with Crippen LogP contribution in [0.1, 0.15) is 48.3 Å². The highest BCUT2D eigenvalue weighted by molar-refractivity contribution is 7.91. The van der Waals surface area contributed by atoms with Gasteiger partial charge in [0.05, 0.1) is 0 Å². The molecule has 0 aliphatic carbocycles. The molecular formula is C27H37N3O5S. The van der Waals surface area contributed by atoms with E-state index in [0.29, 0.717) is 25.9 Å². The number of piperidine rings is 1. The molecule has 9 heteroatoms. The molecule has 2 fully saturated rings. The minimum atomic E-state index is -3.95. The van der Waals surface area contributed by atoms with Crippen molar-refractivity contribution in [2.24, 2.45) is 0 Å². The summed E-state index contributed by atoms with van der Waals surface area (Å²) in [6, 6.07) is 15.2. The standard InChI is InChI=1S/C27H37N3O5S/c1-20-17-23(7-8-25(20)24-6-4-5-21(18-24)19-29(2)3)22-9-13-30(14-10-22)36(33,34)27(26(31)28-32)11-15-35-16-12-27/h4-8,17-18,22,32H,9-16,19H2,1-3H3,(H,28,31). The Labute approximate surface area is 214 Å². The molecule has 0 bridgehead atoms. The number of nitrogens with one attached hydrogen (secondary N) is 1. The van der Waals surface area contributed by atoms with Gasteiger partial charge in [-0.05, 0) is 73.7 Å². The summed E-state index contributed by atoms with van der Waals surface area (Å²) in [6.45, 7) is 4.06. The Balaban J connectivity index is 1.48. The molecule has 8 nitrogen and oxygen atoms in total. The van der Waals surface area contributed by atoms with Crippen molar-refractivity contribution >= 4 is 15.9 Å². The molecule has 0 saturated carbocycles. The second-order valence-corrected chi connectivity index (χ2v) is 12.5. The maximum Gasteiger partial charge on any atom is 0.266 e. The lowest BCUT2D eigenvalue weighted by Crippen LogP contribution is -2.60. The Morgan fingerprint density at radius 2 is 1.83 bits per heavy atom. The summed E-state index contributed by atoms with van der Waals surface area (Å²) < 4.78 is 32.2. The fourth-order valence-corrected chi connectivity index (χ4v) is 7.70. The summed E-state index contributed by atoms with van der Waals surface area (Å²) in [5.74, 6) is -0.615. The van der Waals surface area contributed by atoms with E-state index in [9.17, 15) is 18.4 Å². The molecule has 2 aromatic carbocycles. The van der Waals surface area contributed by atoms with Crippen molar-refractivity contribution in [2.75, 3.05) is 40.4 Å². The van der Waals surface area contributed by atoms with Crippen molar-refractivity contribution in [3.8, 4) is 11.1 Å². The lowest BCUT2D eigenvalue weighted by atomic mass is 9.87. The van der Waals surface area contributed by atoms with Gasteiger partial charge in [-0.1, -0.05) is 36.4 Å². The van der Waals surface area contributed by atoms with Gasteiger partial charge in [0.25, 0.3) is 5.91 Å². The number of aryl methyl sites for hydroxylation is 1. The molecule has 1 amide bonds. The van der Waals surface area contributed by atoms with Gasteiger partial charge in [-0.3, -0.25) is 10.0 Å². The molecule has 2 aliphatic rings. The number of hydroxylamine groups is 1. The second kappa shape index (κ2) is 11.0. The van der Waals surface area contributed by atoms with Gasteiger partial charge < -0.3 is 9.64 Å². The van der Waals surface area contributed by atoms with Crippen LogP contribution in [0.5, 0.6) is 0 Å². The van der Waals surface area contributed by atoms with E-state index in [1.807, 2.05) is 0 Å². The van der Waals surface area contributed by atoms with Crippen molar-refractivity contribution in [3.05, 3.63) is 59.2 Å². The van der Waals surface area contributed by atoms with Crippen molar-refractivity contribution in [1.82, 2.24) is 14.7 Å². The minimum Gasteiger partial charge on any atom is -0.381 e. The molecule has 4 rings (SSSR count). The first-order valence-electron chi connectivity index (χ1n) is 12.5. The number of amides is 1. The number of sulfonamides is 1. The first-order valence-corrected chi connectivity index (χ1v) is 14.0. The SMILES string of the molecule is Cc1cc(C2CCN(S(=O)(=O)C3(C(=O)NO)CCOCC3)CC2)ccc1-c1cccc(CN(C)C)c1. The van der Waals surface area contributed by atoms with E-state index >= 15 is 0 Å².